The van der Waals surface area contributed by atoms with Crippen LogP contribution in [0.3, 0.4) is 0 Å². The molecule has 1 fully saturated rings. The molecule has 4 rings (SSSR count). The monoisotopic (exact) mass is 411 g/mol. The molecule has 0 saturated carbocycles. The number of carbonyl (C=O) groups is 1. The molecule has 0 radical (unpaired) electrons. The second-order valence-corrected chi connectivity index (χ2v) is 7.36. The molecule has 3 aromatic heterocycles. The topological polar surface area (TPSA) is 105 Å². The number of aliphatic hydroxyl groups is 1. The Hall–Kier alpha value is -3.20. The van der Waals surface area contributed by atoms with Gasteiger partial charge in [0.2, 0.25) is 23.6 Å². The fourth-order valence-electron chi connectivity index (χ4n) is 3.65. The van der Waals surface area contributed by atoms with E-state index in [2.05, 4.69) is 20.1 Å². The summed E-state index contributed by atoms with van der Waals surface area (Å²) in [6, 6.07) is 6.79. The average Bonchev–Trinajstić information content (AvgIpc) is 3.24. The number of hydrogen-bond donors (Lipinski definition) is 1. The second kappa shape index (κ2) is 8.66. The van der Waals surface area contributed by atoms with E-state index >= 15 is 0 Å². The van der Waals surface area contributed by atoms with Gasteiger partial charge in [0.15, 0.2) is 0 Å². The lowest BCUT2D eigenvalue weighted by molar-refractivity contribution is -0.136. The largest absolute Gasteiger partial charge is 0.385 e. The maximum absolute atomic E-state index is 13.9. The molecule has 8 nitrogen and oxygen atoms in total. The van der Waals surface area contributed by atoms with Gasteiger partial charge >= 0.3 is 0 Å². The number of pyridine rings is 2. The van der Waals surface area contributed by atoms with Crippen LogP contribution >= 0.6 is 0 Å². The van der Waals surface area contributed by atoms with E-state index in [4.69, 9.17) is 4.52 Å². The third kappa shape index (κ3) is 4.35. The van der Waals surface area contributed by atoms with Crippen molar-refractivity contribution >= 4 is 5.91 Å². The summed E-state index contributed by atoms with van der Waals surface area (Å²) in [5.74, 6) is 0.282. The Labute approximate surface area is 172 Å². The van der Waals surface area contributed by atoms with Crippen molar-refractivity contribution in [3.8, 4) is 11.4 Å². The van der Waals surface area contributed by atoms with E-state index in [0.29, 0.717) is 44.1 Å². The highest BCUT2D eigenvalue weighted by atomic mass is 19.1. The van der Waals surface area contributed by atoms with Crippen LogP contribution in [-0.4, -0.2) is 49.1 Å². The molecule has 30 heavy (non-hydrogen) atoms. The van der Waals surface area contributed by atoms with Crippen LogP contribution in [0.5, 0.6) is 0 Å². The van der Waals surface area contributed by atoms with Crippen LogP contribution in [0, 0.1) is 5.95 Å². The Morgan fingerprint density at radius 2 is 2.03 bits per heavy atom. The molecule has 0 atom stereocenters. The molecule has 9 heteroatoms. The van der Waals surface area contributed by atoms with Gasteiger partial charge in [-0.15, -0.1) is 0 Å². The predicted octanol–water partition coefficient (Wildman–Crippen LogP) is 2.50. The number of hydrogen-bond acceptors (Lipinski definition) is 7. The number of likely N-dealkylation sites (tertiary alicyclic amines) is 1. The van der Waals surface area contributed by atoms with E-state index in [1.54, 1.807) is 35.5 Å². The van der Waals surface area contributed by atoms with Gasteiger partial charge in [-0.05, 0) is 37.5 Å². The molecule has 4 heterocycles. The van der Waals surface area contributed by atoms with Crippen molar-refractivity contribution in [2.75, 3.05) is 13.1 Å². The Morgan fingerprint density at radius 1 is 1.23 bits per heavy atom. The number of carbonyl (C=O) groups excluding carboxylic acids is 1. The fourth-order valence-corrected chi connectivity index (χ4v) is 3.65. The highest BCUT2D eigenvalue weighted by Crippen LogP contribution is 2.33. The zero-order chi connectivity index (χ0) is 21.0. The first-order valence-electron chi connectivity index (χ1n) is 9.89. The lowest BCUT2D eigenvalue weighted by Gasteiger charge is -2.38. The minimum atomic E-state index is -1.29. The summed E-state index contributed by atoms with van der Waals surface area (Å²) in [6.45, 7) is 0.741. The molecule has 1 amide bonds. The number of aryl methyl sites for hydroxylation is 1. The molecule has 1 aliphatic rings. The molecular weight excluding hydrogens is 389 g/mol. The van der Waals surface area contributed by atoms with Gasteiger partial charge in [0.25, 0.3) is 0 Å². The van der Waals surface area contributed by atoms with E-state index in [1.165, 1.54) is 6.20 Å². The standard InChI is InChI=1S/C21H22FN5O3/c22-19-16(5-3-11-24-19)21(29)8-12-27(13-9-21)18(28)7-1-6-17-25-20(26-30-17)15-4-2-10-23-14-15/h2-5,10-11,14,29H,1,6-9,12-13H2. The Balaban J connectivity index is 1.26. The van der Waals surface area contributed by atoms with Gasteiger partial charge in [-0.25, -0.2) is 4.98 Å². The maximum Gasteiger partial charge on any atom is 0.226 e. The summed E-state index contributed by atoms with van der Waals surface area (Å²) in [4.78, 5) is 26.2. The number of aromatic nitrogens is 4. The van der Waals surface area contributed by atoms with E-state index in [9.17, 15) is 14.3 Å². The number of halogens is 1. The molecule has 1 aliphatic heterocycles. The number of nitrogens with zero attached hydrogens (tertiary/aromatic N) is 5. The molecular formula is C21H22FN5O3. The van der Waals surface area contributed by atoms with Gasteiger partial charge in [0.05, 0.1) is 5.60 Å². The molecule has 156 valence electrons. The van der Waals surface area contributed by atoms with Crippen molar-refractivity contribution in [1.29, 1.82) is 0 Å². The molecule has 0 bridgehead atoms. The van der Waals surface area contributed by atoms with Crippen LogP contribution in [0.4, 0.5) is 4.39 Å². The van der Waals surface area contributed by atoms with Crippen molar-refractivity contribution in [1.82, 2.24) is 25.0 Å². The van der Waals surface area contributed by atoms with Crippen molar-refractivity contribution in [2.45, 2.75) is 37.7 Å². The average molecular weight is 411 g/mol. The zero-order valence-corrected chi connectivity index (χ0v) is 16.4. The van der Waals surface area contributed by atoms with Crippen LogP contribution in [0.25, 0.3) is 11.4 Å². The number of rotatable bonds is 6. The smallest absolute Gasteiger partial charge is 0.226 e. The highest BCUT2D eigenvalue weighted by molar-refractivity contribution is 5.76. The van der Waals surface area contributed by atoms with Gasteiger partial charge in [-0.3, -0.25) is 9.78 Å². The Bertz CT molecular complexity index is 1000. The third-order valence-corrected chi connectivity index (χ3v) is 5.37. The lowest BCUT2D eigenvalue weighted by atomic mass is 9.85. The second-order valence-electron chi connectivity index (χ2n) is 7.36. The van der Waals surface area contributed by atoms with Gasteiger partial charge in [0, 0.05) is 55.6 Å². The van der Waals surface area contributed by atoms with Crippen LogP contribution in [0.15, 0.2) is 47.4 Å². The van der Waals surface area contributed by atoms with Gasteiger partial charge in [0.1, 0.15) is 0 Å². The molecule has 3 aromatic rings. The maximum atomic E-state index is 13.9. The predicted molar refractivity (Wildman–Crippen MR) is 104 cm³/mol. The van der Waals surface area contributed by atoms with Crippen molar-refractivity contribution in [3.05, 3.63) is 60.3 Å². The molecule has 0 unspecified atom stereocenters. The minimum Gasteiger partial charge on any atom is -0.385 e. The third-order valence-electron chi connectivity index (χ3n) is 5.37. The van der Waals surface area contributed by atoms with Crippen molar-refractivity contribution in [2.24, 2.45) is 0 Å². The first kappa shape index (κ1) is 20.1. The van der Waals surface area contributed by atoms with Crippen LogP contribution < -0.4 is 0 Å². The van der Waals surface area contributed by atoms with Crippen LogP contribution in [0.2, 0.25) is 0 Å². The van der Waals surface area contributed by atoms with Crippen molar-refractivity contribution < 1.29 is 18.8 Å². The summed E-state index contributed by atoms with van der Waals surface area (Å²) < 4.78 is 19.2. The quantitative estimate of drug-likeness (QED) is 0.621. The van der Waals surface area contributed by atoms with Crippen LogP contribution in [-0.2, 0) is 16.8 Å². The lowest BCUT2D eigenvalue weighted by Crippen LogP contribution is -2.45. The van der Waals surface area contributed by atoms with E-state index in [-0.39, 0.29) is 24.3 Å². The van der Waals surface area contributed by atoms with Gasteiger partial charge in [-0.1, -0.05) is 11.2 Å². The number of amides is 1. The zero-order valence-electron chi connectivity index (χ0n) is 16.4. The van der Waals surface area contributed by atoms with Crippen molar-refractivity contribution in [3.63, 3.8) is 0 Å². The Kier molecular flexibility index (Phi) is 5.80. The first-order valence-corrected chi connectivity index (χ1v) is 9.89. The summed E-state index contributed by atoms with van der Waals surface area (Å²) in [5.41, 5.74) is -0.325. The van der Waals surface area contributed by atoms with Gasteiger partial charge in [-0.2, -0.15) is 9.37 Å². The van der Waals surface area contributed by atoms with Crippen LogP contribution in [0.1, 0.15) is 37.1 Å². The number of piperidine rings is 1. The normalized spacial score (nSPS) is 15.9. The summed E-state index contributed by atoms with van der Waals surface area (Å²) in [5, 5.41) is 14.7. The van der Waals surface area contributed by atoms with E-state index in [0.717, 1.165) is 5.56 Å². The minimum absolute atomic E-state index is 0.00398. The molecule has 1 saturated heterocycles. The SMILES string of the molecule is O=C(CCCc1nc(-c2cccnc2)no1)N1CCC(O)(c2cccnc2F)CC1. The fraction of sp³-hybridized carbons (Fsp3) is 0.381. The highest BCUT2D eigenvalue weighted by Gasteiger charge is 2.37. The summed E-state index contributed by atoms with van der Waals surface area (Å²) in [6.07, 6.45) is 6.65. The molecule has 0 spiro atoms. The molecule has 0 aromatic carbocycles. The van der Waals surface area contributed by atoms with E-state index in [1.807, 2.05) is 6.07 Å². The summed E-state index contributed by atoms with van der Waals surface area (Å²) >= 11 is 0. The van der Waals surface area contributed by atoms with E-state index < -0.39 is 11.5 Å². The molecule has 0 aliphatic carbocycles. The van der Waals surface area contributed by atoms with Gasteiger partial charge < -0.3 is 14.5 Å². The summed E-state index contributed by atoms with van der Waals surface area (Å²) in [7, 11) is 0. The first-order chi connectivity index (χ1) is 14.5. The molecule has 1 N–H and O–H groups in total. The Morgan fingerprint density at radius 3 is 2.77 bits per heavy atom.